The van der Waals surface area contributed by atoms with Gasteiger partial charge in [-0.2, -0.15) is 5.10 Å². The lowest BCUT2D eigenvalue weighted by Crippen LogP contribution is -2.30. The van der Waals surface area contributed by atoms with Crippen molar-refractivity contribution >= 4 is 28.3 Å². The van der Waals surface area contributed by atoms with Gasteiger partial charge in [-0.1, -0.05) is 12.1 Å². The number of carbonyl (C=O) groups is 1. The number of fused-ring (bicyclic) bond motifs is 1. The average Bonchev–Trinajstić information content (AvgIpc) is 3.60. The highest BCUT2D eigenvalue weighted by Gasteiger charge is 2.32. The summed E-state index contributed by atoms with van der Waals surface area (Å²) in [5, 5.41) is 7.40. The predicted octanol–water partition coefficient (Wildman–Crippen LogP) is 4.84. The lowest BCUT2D eigenvalue weighted by Gasteiger charge is -2.26. The summed E-state index contributed by atoms with van der Waals surface area (Å²) in [6, 6.07) is 11.9. The number of benzene rings is 1. The summed E-state index contributed by atoms with van der Waals surface area (Å²) in [7, 11) is 3.25. The normalized spacial score (nSPS) is 15.8. The zero-order valence-electron chi connectivity index (χ0n) is 18.9. The van der Waals surface area contributed by atoms with Crippen molar-refractivity contribution in [3.05, 3.63) is 69.7 Å². The van der Waals surface area contributed by atoms with E-state index in [-0.39, 0.29) is 11.9 Å². The molecule has 3 aromatic heterocycles. The molecule has 1 unspecified atom stereocenters. The van der Waals surface area contributed by atoms with E-state index in [9.17, 15) is 4.79 Å². The van der Waals surface area contributed by atoms with Gasteiger partial charge in [-0.05, 0) is 55.0 Å². The van der Waals surface area contributed by atoms with Crippen molar-refractivity contribution in [2.45, 2.75) is 32.4 Å². The third kappa shape index (κ3) is 3.95. The number of methoxy groups -OCH3 is 2. The molecule has 0 bridgehead atoms. The summed E-state index contributed by atoms with van der Waals surface area (Å²) in [5.41, 5.74) is 3.26. The zero-order chi connectivity index (χ0) is 22.9. The molecule has 5 rings (SSSR count). The van der Waals surface area contributed by atoms with Crippen molar-refractivity contribution in [1.29, 1.82) is 0 Å². The number of likely N-dealkylation sites (tertiary alicyclic amines) is 1. The minimum absolute atomic E-state index is 0.0120. The second-order valence-corrected chi connectivity index (χ2v) is 9.23. The molecule has 1 atom stereocenters. The van der Waals surface area contributed by atoms with Crippen molar-refractivity contribution in [3.63, 3.8) is 0 Å². The highest BCUT2D eigenvalue weighted by Crippen LogP contribution is 2.38. The van der Waals surface area contributed by atoms with Crippen LogP contribution in [0.15, 0.2) is 48.0 Å². The molecule has 0 radical (unpaired) electrons. The van der Waals surface area contributed by atoms with Crippen LogP contribution in [0.5, 0.6) is 11.5 Å². The molecule has 8 heteroatoms. The molecular formula is C25H26N4O3S. The van der Waals surface area contributed by atoms with E-state index in [1.165, 1.54) is 4.88 Å². The topological polar surface area (TPSA) is 69.5 Å². The number of rotatable bonds is 6. The number of amides is 1. The molecule has 1 saturated heterocycles. The van der Waals surface area contributed by atoms with Crippen molar-refractivity contribution in [1.82, 2.24) is 19.7 Å². The number of ether oxygens (including phenoxy) is 2. The molecule has 33 heavy (non-hydrogen) atoms. The number of hydrogen-bond acceptors (Lipinski definition) is 6. The Morgan fingerprint density at radius 2 is 2.03 bits per heavy atom. The Morgan fingerprint density at radius 3 is 2.79 bits per heavy atom. The van der Waals surface area contributed by atoms with Crippen LogP contribution in [0.3, 0.4) is 0 Å². The SMILES string of the molecule is COc1ccc(C2CCCN2C(=O)c2cc(C)nc3c2cnn3Cc2cccs2)cc1OC. The van der Waals surface area contributed by atoms with Gasteiger partial charge in [0.15, 0.2) is 17.1 Å². The van der Waals surface area contributed by atoms with Gasteiger partial charge in [-0.25, -0.2) is 9.67 Å². The van der Waals surface area contributed by atoms with E-state index in [2.05, 4.69) is 16.5 Å². The number of aromatic nitrogens is 3. The summed E-state index contributed by atoms with van der Waals surface area (Å²) < 4.78 is 12.7. The van der Waals surface area contributed by atoms with E-state index >= 15 is 0 Å². The zero-order valence-corrected chi connectivity index (χ0v) is 19.8. The maximum atomic E-state index is 13.8. The van der Waals surface area contributed by atoms with E-state index < -0.39 is 0 Å². The van der Waals surface area contributed by atoms with Gasteiger partial charge in [0.25, 0.3) is 5.91 Å². The van der Waals surface area contributed by atoms with Crippen LogP contribution < -0.4 is 9.47 Å². The van der Waals surface area contributed by atoms with Crippen LogP contribution in [-0.4, -0.2) is 46.3 Å². The van der Waals surface area contributed by atoms with E-state index in [0.717, 1.165) is 35.1 Å². The highest BCUT2D eigenvalue weighted by molar-refractivity contribution is 7.09. The molecule has 4 aromatic rings. The lowest BCUT2D eigenvalue weighted by molar-refractivity contribution is 0.0737. The van der Waals surface area contributed by atoms with Crippen molar-refractivity contribution < 1.29 is 14.3 Å². The maximum absolute atomic E-state index is 13.8. The first-order valence-corrected chi connectivity index (χ1v) is 11.9. The Morgan fingerprint density at radius 1 is 1.18 bits per heavy atom. The van der Waals surface area contributed by atoms with Crippen LogP contribution in [0.4, 0.5) is 0 Å². The Labute approximate surface area is 196 Å². The van der Waals surface area contributed by atoms with Crippen molar-refractivity contribution in [2.24, 2.45) is 0 Å². The molecule has 7 nitrogen and oxygen atoms in total. The Bertz CT molecular complexity index is 1300. The standard InChI is InChI=1S/C25H26N4O3S/c1-16-12-19(20-14-26-29(24(20)27-16)15-18-6-5-11-33-18)25(30)28-10-4-7-21(28)17-8-9-22(31-2)23(13-17)32-3/h5-6,8-9,11-14,21H,4,7,10,15H2,1-3H3. The molecule has 1 fully saturated rings. The summed E-state index contributed by atoms with van der Waals surface area (Å²) in [5.74, 6) is 1.37. The molecule has 1 aliphatic rings. The summed E-state index contributed by atoms with van der Waals surface area (Å²) in [6.07, 6.45) is 3.63. The molecule has 0 saturated carbocycles. The van der Waals surface area contributed by atoms with Gasteiger partial charge in [0, 0.05) is 17.1 Å². The quantitative estimate of drug-likeness (QED) is 0.410. The van der Waals surface area contributed by atoms with Gasteiger partial charge in [0.05, 0.1) is 44.0 Å². The summed E-state index contributed by atoms with van der Waals surface area (Å²) >= 11 is 1.69. The van der Waals surface area contributed by atoms with Crippen LogP contribution >= 0.6 is 11.3 Å². The molecule has 170 valence electrons. The van der Waals surface area contributed by atoms with Crippen LogP contribution in [0.1, 0.15) is 45.4 Å². The fourth-order valence-electron chi connectivity index (χ4n) is 4.59. The van der Waals surface area contributed by atoms with Gasteiger partial charge in [-0.3, -0.25) is 4.79 Å². The second-order valence-electron chi connectivity index (χ2n) is 8.20. The smallest absolute Gasteiger partial charge is 0.255 e. The fourth-order valence-corrected chi connectivity index (χ4v) is 5.27. The monoisotopic (exact) mass is 462 g/mol. The summed E-state index contributed by atoms with van der Waals surface area (Å²) in [4.78, 5) is 21.7. The number of pyridine rings is 1. The molecule has 0 N–H and O–H groups in total. The minimum atomic E-state index is -0.0120. The molecule has 1 aromatic carbocycles. The fraction of sp³-hybridized carbons (Fsp3) is 0.320. The third-order valence-corrected chi connectivity index (χ3v) is 7.02. The van der Waals surface area contributed by atoms with Crippen LogP contribution in [0, 0.1) is 6.92 Å². The van der Waals surface area contributed by atoms with Gasteiger partial charge in [-0.15, -0.1) is 11.3 Å². The molecule has 0 aliphatic carbocycles. The molecule has 1 amide bonds. The first-order valence-electron chi connectivity index (χ1n) is 11.0. The van der Waals surface area contributed by atoms with Crippen LogP contribution in [0.2, 0.25) is 0 Å². The second kappa shape index (κ2) is 8.86. The van der Waals surface area contributed by atoms with Crippen LogP contribution in [0.25, 0.3) is 11.0 Å². The van der Waals surface area contributed by atoms with Gasteiger partial charge in [0.2, 0.25) is 0 Å². The number of hydrogen-bond donors (Lipinski definition) is 0. The number of nitrogens with zero attached hydrogens (tertiary/aromatic N) is 4. The Hall–Kier alpha value is -3.39. The first-order chi connectivity index (χ1) is 16.1. The van der Waals surface area contributed by atoms with Crippen molar-refractivity contribution in [3.8, 4) is 11.5 Å². The minimum Gasteiger partial charge on any atom is -0.493 e. The highest BCUT2D eigenvalue weighted by atomic mass is 32.1. The third-order valence-electron chi connectivity index (χ3n) is 6.16. The maximum Gasteiger partial charge on any atom is 0.255 e. The Kier molecular flexibility index (Phi) is 5.76. The lowest BCUT2D eigenvalue weighted by atomic mass is 10.0. The first kappa shape index (κ1) is 21.5. The number of aryl methyl sites for hydroxylation is 1. The van der Waals surface area contributed by atoms with E-state index in [1.54, 1.807) is 31.8 Å². The predicted molar refractivity (Wildman–Crippen MR) is 128 cm³/mol. The van der Waals surface area contributed by atoms with Gasteiger partial charge >= 0.3 is 0 Å². The van der Waals surface area contributed by atoms with E-state index in [1.807, 2.05) is 46.8 Å². The van der Waals surface area contributed by atoms with Gasteiger partial charge < -0.3 is 14.4 Å². The average molecular weight is 463 g/mol. The number of thiophene rings is 1. The van der Waals surface area contributed by atoms with Gasteiger partial charge in [0.1, 0.15) is 0 Å². The summed E-state index contributed by atoms with van der Waals surface area (Å²) in [6.45, 7) is 3.28. The molecule has 4 heterocycles. The largest absolute Gasteiger partial charge is 0.493 e. The molecule has 1 aliphatic heterocycles. The van der Waals surface area contributed by atoms with Crippen molar-refractivity contribution in [2.75, 3.05) is 20.8 Å². The Balaban J connectivity index is 1.50. The number of carbonyl (C=O) groups excluding carboxylic acids is 1. The van der Waals surface area contributed by atoms with E-state index in [0.29, 0.717) is 30.2 Å². The van der Waals surface area contributed by atoms with Crippen LogP contribution in [-0.2, 0) is 6.54 Å². The molecule has 0 spiro atoms. The van der Waals surface area contributed by atoms with E-state index in [4.69, 9.17) is 14.5 Å². The molecular weight excluding hydrogens is 436 g/mol.